The molecule has 2 heterocycles. The molecular formula is C19H28N6OS. The second kappa shape index (κ2) is 10.1. The molecular weight excluding hydrogens is 360 g/mol. The van der Waals surface area contributed by atoms with Crippen LogP contribution in [0.5, 0.6) is 5.75 Å². The van der Waals surface area contributed by atoms with Crippen LogP contribution in [0.3, 0.4) is 0 Å². The van der Waals surface area contributed by atoms with E-state index in [0.29, 0.717) is 6.61 Å². The molecule has 0 atom stereocenters. The second-order valence-corrected chi connectivity index (χ2v) is 7.04. The molecule has 1 saturated heterocycles. The van der Waals surface area contributed by atoms with Gasteiger partial charge in [0.05, 0.1) is 6.61 Å². The summed E-state index contributed by atoms with van der Waals surface area (Å²) in [6, 6.07) is 9.92. The topological polar surface area (TPSA) is 65.9 Å². The van der Waals surface area contributed by atoms with E-state index in [0.717, 1.165) is 68.2 Å². The molecule has 0 unspecified atom stereocenters. The zero-order valence-corrected chi connectivity index (χ0v) is 16.9. The van der Waals surface area contributed by atoms with Gasteiger partial charge in [0.25, 0.3) is 0 Å². The number of ether oxygens (including phenoxy) is 1. The lowest BCUT2D eigenvalue weighted by molar-refractivity contribution is 0.309. The highest BCUT2D eigenvalue weighted by molar-refractivity contribution is 7.09. The SMILES string of the molecule is CCc1nsc(N2CCN(C(=NC)NCCCOc3ccccc3)CC2)n1. The Hall–Kier alpha value is -2.35. The summed E-state index contributed by atoms with van der Waals surface area (Å²) in [5.41, 5.74) is 0. The number of para-hydroxylation sites is 1. The van der Waals surface area contributed by atoms with Crippen LogP contribution in [0.2, 0.25) is 0 Å². The summed E-state index contributed by atoms with van der Waals surface area (Å²) in [6.07, 6.45) is 1.82. The average molecular weight is 389 g/mol. The molecule has 27 heavy (non-hydrogen) atoms. The molecule has 3 rings (SSSR count). The first kappa shape index (κ1) is 19.4. The van der Waals surface area contributed by atoms with Gasteiger partial charge >= 0.3 is 0 Å². The third-order valence-electron chi connectivity index (χ3n) is 4.45. The number of piperazine rings is 1. The molecule has 0 aliphatic carbocycles. The molecule has 0 bridgehead atoms. The van der Waals surface area contributed by atoms with Crippen LogP contribution >= 0.6 is 11.5 Å². The molecule has 1 aromatic carbocycles. The Labute approximate surface area is 165 Å². The highest BCUT2D eigenvalue weighted by Crippen LogP contribution is 2.19. The molecule has 1 aliphatic rings. The first-order valence-electron chi connectivity index (χ1n) is 9.51. The van der Waals surface area contributed by atoms with Crippen molar-refractivity contribution in [2.75, 3.05) is 51.3 Å². The van der Waals surface area contributed by atoms with Crippen LogP contribution in [0.15, 0.2) is 35.3 Å². The molecule has 146 valence electrons. The monoisotopic (exact) mass is 388 g/mol. The van der Waals surface area contributed by atoms with Crippen molar-refractivity contribution >= 4 is 22.6 Å². The van der Waals surface area contributed by atoms with Gasteiger partial charge in [0.2, 0.25) is 5.13 Å². The van der Waals surface area contributed by atoms with Gasteiger partial charge in [-0.3, -0.25) is 4.99 Å². The summed E-state index contributed by atoms with van der Waals surface area (Å²) < 4.78 is 10.1. The third-order valence-corrected chi connectivity index (χ3v) is 5.27. The van der Waals surface area contributed by atoms with Gasteiger partial charge in [-0.2, -0.15) is 4.37 Å². The van der Waals surface area contributed by atoms with Gasteiger partial charge in [-0.1, -0.05) is 25.1 Å². The Balaban J connectivity index is 1.37. The summed E-state index contributed by atoms with van der Waals surface area (Å²) in [6.45, 7) is 7.37. The fourth-order valence-electron chi connectivity index (χ4n) is 2.94. The lowest BCUT2D eigenvalue weighted by Crippen LogP contribution is -2.52. The normalized spacial score (nSPS) is 15.1. The first-order chi connectivity index (χ1) is 13.3. The summed E-state index contributed by atoms with van der Waals surface area (Å²) in [5.74, 6) is 2.81. The Morgan fingerprint density at radius 1 is 1.22 bits per heavy atom. The maximum absolute atomic E-state index is 5.73. The van der Waals surface area contributed by atoms with Crippen molar-refractivity contribution < 1.29 is 4.74 Å². The number of guanidine groups is 1. The van der Waals surface area contributed by atoms with Crippen LogP contribution in [-0.4, -0.2) is 66.6 Å². The second-order valence-electron chi connectivity index (χ2n) is 6.31. The van der Waals surface area contributed by atoms with E-state index < -0.39 is 0 Å². The number of aryl methyl sites for hydroxylation is 1. The molecule has 1 fully saturated rings. The summed E-state index contributed by atoms with van der Waals surface area (Å²) >= 11 is 1.50. The van der Waals surface area contributed by atoms with Crippen molar-refractivity contribution in [3.63, 3.8) is 0 Å². The minimum Gasteiger partial charge on any atom is -0.494 e. The van der Waals surface area contributed by atoms with Crippen LogP contribution in [0.1, 0.15) is 19.2 Å². The van der Waals surface area contributed by atoms with Crippen LogP contribution in [0.25, 0.3) is 0 Å². The molecule has 7 nitrogen and oxygen atoms in total. The Bertz CT molecular complexity index is 712. The largest absolute Gasteiger partial charge is 0.494 e. The number of hydrogen-bond acceptors (Lipinski definition) is 6. The molecule has 1 N–H and O–H groups in total. The summed E-state index contributed by atoms with van der Waals surface area (Å²) in [5, 5.41) is 4.48. The molecule has 2 aromatic rings. The minimum atomic E-state index is 0.693. The minimum absolute atomic E-state index is 0.693. The fraction of sp³-hybridized carbons (Fsp3) is 0.526. The number of nitrogens with zero attached hydrogens (tertiary/aromatic N) is 5. The van der Waals surface area contributed by atoms with Gasteiger partial charge in [-0.05, 0) is 18.6 Å². The lowest BCUT2D eigenvalue weighted by Gasteiger charge is -2.36. The number of anilines is 1. The van der Waals surface area contributed by atoms with Crippen LogP contribution in [-0.2, 0) is 6.42 Å². The zero-order valence-electron chi connectivity index (χ0n) is 16.1. The predicted molar refractivity (Wildman–Crippen MR) is 111 cm³/mol. The fourth-order valence-corrected chi connectivity index (χ4v) is 3.74. The lowest BCUT2D eigenvalue weighted by atomic mass is 10.3. The van der Waals surface area contributed by atoms with E-state index in [-0.39, 0.29) is 0 Å². The molecule has 8 heteroatoms. The number of nitrogens with one attached hydrogen (secondary N) is 1. The Morgan fingerprint density at radius 2 is 2.00 bits per heavy atom. The summed E-state index contributed by atoms with van der Waals surface area (Å²) in [4.78, 5) is 13.6. The molecule has 0 amide bonds. The highest BCUT2D eigenvalue weighted by atomic mass is 32.1. The summed E-state index contributed by atoms with van der Waals surface area (Å²) in [7, 11) is 1.84. The number of benzene rings is 1. The molecule has 1 aliphatic heterocycles. The van der Waals surface area contributed by atoms with Gasteiger partial charge in [-0.25, -0.2) is 4.98 Å². The molecule has 0 saturated carbocycles. The third kappa shape index (κ3) is 5.56. The van der Waals surface area contributed by atoms with E-state index >= 15 is 0 Å². The van der Waals surface area contributed by atoms with E-state index in [9.17, 15) is 0 Å². The maximum Gasteiger partial charge on any atom is 0.205 e. The van der Waals surface area contributed by atoms with E-state index in [2.05, 4.69) is 36.4 Å². The quantitative estimate of drug-likeness (QED) is 0.446. The molecule has 1 aromatic heterocycles. The van der Waals surface area contributed by atoms with Crippen molar-refractivity contribution in [1.29, 1.82) is 0 Å². The average Bonchev–Trinajstić information content (AvgIpc) is 3.21. The molecule has 0 spiro atoms. The zero-order chi connectivity index (χ0) is 18.9. The van der Waals surface area contributed by atoms with Gasteiger partial charge in [-0.15, -0.1) is 0 Å². The smallest absolute Gasteiger partial charge is 0.205 e. The standard InChI is InChI=1S/C19H28N6OS/c1-3-17-22-19(27-23-17)25-13-11-24(12-14-25)18(20-2)21-10-7-15-26-16-8-5-4-6-9-16/h4-6,8-9H,3,7,10-15H2,1-2H3,(H,20,21). The van der Waals surface area contributed by atoms with Crippen molar-refractivity contribution in [2.45, 2.75) is 19.8 Å². The number of rotatable bonds is 7. The van der Waals surface area contributed by atoms with Crippen LogP contribution in [0, 0.1) is 0 Å². The van der Waals surface area contributed by atoms with E-state index in [4.69, 9.17) is 4.74 Å². The van der Waals surface area contributed by atoms with Crippen molar-refractivity contribution in [3.8, 4) is 5.75 Å². The Morgan fingerprint density at radius 3 is 2.67 bits per heavy atom. The van der Waals surface area contributed by atoms with Crippen molar-refractivity contribution in [2.24, 2.45) is 4.99 Å². The van der Waals surface area contributed by atoms with Gasteiger partial charge in [0.15, 0.2) is 5.96 Å². The number of aliphatic imine (C=N–C) groups is 1. The maximum atomic E-state index is 5.73. The first-order valence-corrected chi connectivity index (χ1v) is 10.3. The predicted octanol–water partition coefficient (Wildman–Crippen LogP) is 2.27. The number of aromatic nitrogens is 2. The van der Waals surface area contributed by atoms with Crippen molar-refractivity contribution in [3.05, 3.63) is 36.2 Å². The Kier molecular flexibility index (Phi) is 7.27. The van der Waals surface area contributed by atoms with E-state index in [1.807, 2.05) is 37.4 Å². The van der Waals surface area contributed by atoms with Gasteiger partial charge in [0, 0.05) is 57.7 Å². The van der Waals surface area contributed by atoms with E-state index in [1.54, 1.807) is 0 Å². The van der Waals surface area contributed by atoms with Gasteiger partial charge in [0.1, 0.15) is 11.6 Å². The van der Waals surface area contributed by atoms with Gasteiger partial charge < -0.3 is 19.9 Å². The highest BCUT2D eigenvalue weighted by Gasteiger charge is 2.21. The number of hydrogen-bond donors (Lipinski definition) is 1. The van der Waals surface area contributed by atoms with E-state index in [1.165, 1.54) is 11.5 Å². The van der Waals surface area contributed by atoms with Crippen LogP contribution in [0.4, 0.5) is 5.13 Å². The van der Waals surface area contributed by atoms with Crippen molar-refractivity contribution in [1.82, 2.24) is 19.6 Å². The van der Waals surface area contributed by atoms with Crippen LogP contribution < -0.4 is 15.0 Å². The molecule has 0 radical (unpaired) electrons.